The summed E-state index contributed by atoms with van der Waals surface area (Å²) in [7, 11) is 0. The summed E-state index contributed by atoms with van der Waals surface area (Å²) in [5.74, 6) is -27.1. The number of unbranched alkanes of at least 4 members (excludes halogenated alkanes) is 3. The lowest BCUT2D eigenvalue weighted by Crippen LogP contribution is -2.62. The van der Waals surface area contributed by atoms with Crippen LogP contribution in [0.5, 0.6) is 0 Å². The van der Waals surface area contributed by atoms with E-state index in [0.29, 0.717) is 25.8 Å². The summed E-state index contributed by atoms with van der Waals surface area (Å²) in [6.45, 7) is 12.0. The summed E-state index contributed by atoms with van der Waals surface area (Å²) in [4.78, 5) is 313. The number of carboxylic acids is 2. The number of likely N-dealkylation sites (tertiary alicyclic amines) is 1. The van der Waals surface area contributed by atoms with Crippen molar-refractivity contribution in [2.75, 3.05) is 71.2 Å². The minimum atomic E-state index is -2.00. The lowest BCUT2D eigenvalue weighted by molar-refractivity contribution is -0.144. The van der Waals surface area contributed by atoms with Crippen LogP contribution in [0.25, 0.3) is 0 Å². The highest BCUT2D eigenvalue weighted by Gasteiger charge is 2.44. The summed E-state index contributed by atoms with van der Waals surface area (Å²) < 4.78 is 0. The quantitative estimate of drug-likeness (QED) is 0.0251. The van der Waals surface area contributed by atoms with Gasteiger partial charge in [-0.2, -0.15) is 11.8 Å². The van der Waals surface area contributed by atoms with Gasteiger partial charge in [-0.25, -0.2) is 4.79 Å². The first-order valence-electron chi connectivity index (χ1n) is 47.9. The second-order valence-corrected chi connectivity index (χ2v) is 37.4. The van der Waals surface area contributed by atoms with Crippen molar-refractivity contribution in [3.63, 3.8) is 0 Å². The van der Waals surface area contributed by atoms with E-state index in [1.54, 1.807) is 61.6 Å². The number of carbonyl (C=O) groups excluding carboxylic acids is 21. The molecule has 0 bridgehead atoms. The third kappa shape index (κ3) is 48.0. The molecule has 21 amide bonds. The molecule has 0 spiro atoms. The number of hydrogen-bond donors (Lipinski definition) is 31. The molecule has 1 saturated heterocycles. The maximum atomic E-state index is 14.7. The van der Waals surface area contributed by atoms with E-state index in [1.807, 2.05) is 10.6 Å². The first kappa shape index (κ1) is 130. The average Bonchev–Trinajstić information content (AvgIpc) is 1.61. The molecule has 1 aliphatic rings. The molecule has 0 saturated carbocycles. The number of aliphatic carboxylic acids is 2. The van der Waals surface area contributed by atoms with Crippen LogP contribution in [0.15, 0.2) is 0 Å². The standard InChI is InChI=1S/C88H155N25O30S/c1-13-45(8)68(85(139)106-56(33-44(6)7)79(133)112-69(48(11)118)86(140)105-54(31-42(2)3)73(127)95-37-66(121)98-53(88(142)143)23-16-19-28-91)111-75(129)50(21-14-17-26-89)99-74(128)51(25-30-144-12)100-77(131)57(35-65(94)120)103-82(136)62(41-117)109-76(130)55(32-43(4)5)104-84(138)63-24-20-29-113(63)87(141)52(22-15-18-27-90)101-78(132)58(36-67(122)123)102-70(124)46(9)96-80(134)59(38-114)107-71(125)47(10)97-81(135)60(39-115)110-83(137)61(40-116)108-72(126)49(92)34-64(93)119/h42-63,68-69,114-118H,13-41,89-92H2,1-12H3,(H2,93,119)(H2,94,120)(H,95,127)(H,96,134)(H,97,135)(H,98,121)(H,99,128)(H,100,131)(H,101,132)(H,102,124)(H,103,136)(H,104,138)(H,105,140)(H,106,139)(H,107,125)(H,108,126)(H,109,130)(H,110,137)(H,111,129)(H,112,133)(H,122,123)(H,142,143)/t45-,46-,47-,48+,49-,50-,51-,52-,53-,54-,55-,56-,57-,58-,59-,60-,61-,62-,63-,68-,69-/m0/s1. The van der Waals surface area contributed by atoms with Gasteiger partial charge in [-0.3, -0.25) is 105 Å². The summed E-state index contributed by atoms with van der Waals surface area (Å²) in [5.41, 5.74) is 33.3. The molecule has 55 nitrogen and oxygen atoms in total. The largest absolute Gasteiger partial charge is 0.481 e. The second kappa shape index (κ2) is 68.2. The Labute approximate surface area is 839 Å². The van der Waals surface area contributed by atoms with Gasteiger partial charge in [0.25, 0.3) is 0 Å². The lowest BCUT2D eigenvalue weighted by atomic mass is 9.96. The van der Waals surface area contributed by atoms with Crippen molar-refractivity contribution in [1.82, 2.24) is 101 Å². The van der Waals surface area contributed by atoms with E-state index in [-0.39, 0.29) is 121 Å². The molecule has 1 aliphatic heterocycles. The van der Waals surface area contributed by atoms with E-state index in [4.69, 9.17) is 34.4 Å². The van der Waals surface area contributed by atoms with Crippen LogP contribution in [0.2, 0.25) is 0 Å². The number of hydrogen-bond acceptors (Lipinski definition) is 33. The smallest absolute Gasteiger partial charge is 0.326 e. The Morgan fingerprint density at radius 1 is 0.368 bits per heavy atom. The molecule has 1 rings (SSSR count). The number of rotatable bonds is 72. The van der Waals surface area contributed by atoms with E-state index in [2.05, 4.69) is 85.1 Å². The summed E-state index contributed by atoms with van der Waals surface area (Å²) in [5, 5.41) is 113. The number of thioether (sulfide) groups is 1. The number of primary amides is 2. The highest BCUT2D eigenvalue weighted by atomic mass is 32.2. The molecule has 1 heterocycles. The predicted octanol–water partition coefficient (Wildman–Crippen LogP) is -12.3. The van der Waals surface area contributed by atoms with Crippen LogP contribution >= 0.6 is 11.8 Å². The van der Waals surface area contributed by atoms with Crippen molar-refractivity contribution in [1.29, 1.82) is 0 Å². The fraction of sp³-hybridized carbons (Fsp3) is 0.739. The monoisotopic (exact) mass is 2070 g/mol. The minimum absolute atomic E-state index is 0.00866. The van der Waals surface area contributed by atoms with Gasteiger partial charge in [0.1, 0.15) is 109 Å². The number of nitrogens with one attached hydrogen (secondary N) is 18. The third-order valence-corrected chi connectivity index (χ3v) is 23.3. The van der Waals surface area contributed by atoms with Gasteiger partial charge in [0, 0.05) is 6.54 Å². The predicted molar refractivity (Wildman–Crippen MR) is 517 cm³/mol. The SMILES string of the molecule is CC[C@H](C)[C@H](NC(=O)[C@H](CCCCN)NC(=O)[C@H](CCSC)NC(=O)[C@H](CC(N)=O)NC(=O)[C@H](CO)NC(=O)[C@H](CC(C)C)NC(=O)[C@@H]1CCCN1C(=O)[C@H](CCCCN)NC(=O)[C@H](CC(=O)O)NC(=O)[C@H](C)NC(=O)[C@H](CO)NC(=O)[C@H](C)NC(=O)[C@H](CO)NC(=O)[C@H](CO)NC(=O)[C@@H](N)CC(N)=O)C(=O)N[C@@H](CC(C)C)C(=O)N[C@H](C(=O)N[C@@H](CC(C)C)C(=O)NCC(=O)N[C@@H](CCCCN)C(=O)O)[C@@H](C)O. The molecule has 1 fully saturated rings. The normalized spacial score (nSPS) is 16.5. The molecule has 37 N–H and O–H groups in total. The van der Waals surface area contributed by atoms with Gasteiger partial charge in [-0.1, -0.05) is 61.8 Å². The van der Waals surface area contributed by atoms with Crippen LogP contribution in [0.1, 0.15) is 198 Å². The maximum Gasteiger partial charge on any atom is 0.326 e. The van der Waals surface area contributed by atoms with Crippen molar-refractivity contribution in [3.05, 3.63) is 0 Å². The highest BCUT2D eigenvalue weighted by Crippen LogP contribution is 2.23. The topological polar surface area (TPSA) is 910 Å². The zero-order valence-electron chi connectivity index (χ0n) is 83.7. The number of amides is 21. The van der Waals surface area contributed by atoms with Crippen molar-refractivity contribution >= 4 is 148 Å². The molecule has 56 heteroatoms. The van der Waals surface area contributed by atoms with Gasteiger partial charge in [-0.05, 0) is 172 Å². The van der Waals surface area contributed by atoms with Gasteiger partial charge < -0.3 is 171 Å². The van der Waals surface area contributed by atoms with Crippen LogP contribution in [0, 0.1) is 23.7 Å². The van der Waals surface area contributed by atoms with Crippen LogP contribution in [0.3, 0.4) is 0 Å². The Morgan fingerprint density at radius 2 is 0.708 bits per heavy atom. The summed E-state index contributed by atoms with van der Waals surface area (Å²) in [6, 6.07) is -31.1. The van der Waals surface area contributed by atoms with Crippen molar-refractivity contribution in [3.8, 4) is 0 Å². The van der Waals surface area contributed by atoms with Crippen molar-refractivity contribution in [2.45, 2.75) is 319 Å². The molecule has 144 heavy (non-hydrogen) atoms. The Balaban J connectivity index is 3.52. The number of carboxylic acid groups (broad SMARTS) is 2. The summed E-state index contributed by atoms with van der Waals surface area (Å²) >= 11 is 1.22. The van der Waals surface area contributed by atoms with E-state index in [9.17, 15) is 146 Å². The van der Waals surface area contributed by atoms with Gasteiger partial charge in [-0.15, -0.1) is 0 Å². The fourth-order valence-corrected chi connectivity index (χ4v) is 14.9. The molecule has 0 radical (unpaired) electrons. The number of aliphatic hydroxyl groups excluding tert-OH is 5. The van der Waals surface area contributed by atoms with Crippen molar-refractivity contribution < 1.29 is 146 Å². The van der Waals surface area contributed by atoms with Crippen LogP contribution in [0.4, 0.5) is 0 Å². The first-order chi connectivity index (χ1) is 67.6. The van der Waals surface area contributed by atoms with Gasteiger partial charge >= 0.3 is 11.9 Å². The average molecular weight is 2080 g/mol. The molecular weight excluding hydrogens is 1920 g/mol. The minimum Gasteiger partial charge on any atom is -0.481 e. The molecular formula is C88H155N25O30S. The van der Waals surface area contributed by atoms with Gasteiger partial charge in [0.2, 0.25) is 124 Å². The van der Waals surface area contributed by atoms with Crippen LogP contribution in [-0.4, -0.2) is 369 Å². The van der Waals surface area contributed by atoms with E-state index >= 15 is 0 Å². The number of carbonyl (C=O) groups is 23. The van der Waals surface area contributed by atoms with Crippen LogP contribution in [-0.2, 0) is 110 Å². The third-order valence-electron chi connectivity index (χ3n) is 22.7. The number of aliphatic hydroxyl groups is 5. The number of nitrogens with two attached hydrogens (primary N) is 6. The van der Waals surface area contributed by atoms with Gasteiger partial charge in [0.05, 0.1) is 64.4 Å². The molecule has 0 unspecified atom stereocenters. The first-order valence-corrected chi connectivity index (χ1v) is 49.3. The van der Waals surface area contributed by atoms with Gasteiger partial charge in [0.15, 0.2) is 0 Å². The summed E-state index contributed by atoms with van der Waals surface area (Å²) in [6.07, 6.45) is -1.16. The van der Waals surface area contributed by atoms with Crippen molar-refractivity contribution in [2.24, 2.45) is 58.1 Å². The van der Waals surface area contributed by atoms with E-state index < -0.39 is 321 Å². The Bertz CT molecular complexity index is 4290. The van der Waals surface area contributed by atoms with Crippen LogP contribution < -0.4 is 130 Å². The Kier molecular flexibility index (Phi) is 61.4. The van der Waals surface area contributed by atoms with E-state index in [1.165, 1.54) is 18.7 Å². The molecule has 0 aromatic carbocycles. The number of nitrogens with zero attached hydrogens (tertiary/aromatic N) is 1. The molecule has 21 atom stereocenters. The molecule has 818 valence electrons. The Hall–Kier alpha value is -12.2. The second-order valence-electron chi connectivity index (χ2n) is 36.5. The zero-order chi connectivity index (χ0) is 110. The van der Waals surface area contributed by atoms with E-state index in [0.717, 1.165) is 18.7 Å². The lowest BCUT2D eigenvalue weighted by Gasteiger charge is -2.31. The fourth-order valence-electron chi connectivity index (χ4n) is 14.5. The zero-order valence-corrected chi connectivity index (χ0v) is 84.5. The Morgan fingerprint density at radius 3 is 1.13 bits per heavy atom. The molecule has 0 aromatic heterocycles. The highest BCUT2D eigenvalue weighted by molar-refractivity contribution is 7.98. The molecule has 0 aromatic rings. The maximum absolute atomic E-state index is 14.7. The molecule has 0 aliphatic carbocycles.